The number of carbonyl (C=O) groups excluding carboxylic acids is 1. The molecule has 8 heteroatoms. The number of aryl methyl sites for hydroxylation is 1. The number of carbonyl (C=O) groups is 2. The Morgan fingerprint density at radius 1 is 1.11 bits per heavy atom. The standard InChI is InChI=1S/C19H19N3O5/c23-17(7-6-16-20-19(21-27-16)15-9-11-26-13-15)22(12-18(24)25)10-8-14-4-2-1-3-5-14/h1-5,9,11,13H,6-8,10,12H2,(H,24,25). The quantitative estimate of drug-likeness (QED) is 0.617. The van der Waals surface area contributed by atoms with Gasteiger partial charge in [0.1, 0.15) is 12.8 Å². The van der Waals surface area contributed by atoms with Crippen molar-refractivity contribution in [2.75, 3.05) is 13.1 Å². The van der Waals surface area contributed by atoms with Gasteiger partial charge in [-0.1, -0.05) is 35.5 Å². The predicted octanol–water partition coefficient (Wildman–Crippen LogP) is 2.42. The summed E-state index contributed by atoms with van der Waals surface area (Å²) in [6.45, 7) is -0.00494. The summed E-state index contributed by atoms with van der Waals surface area (Å²) >= 11 is 0. The van der Waals surface area contributed by atoms with Crippen molar-refractivity contribution < 1.29 is 23.6 Å². The van der Waals surface area contributed by atoms with Crippen LogP contribution in [0.5, 0.6) is 0 Å². The number of rotatable bonds is 9. The maximum absolute atomic E-state index is 12.5. The Hall–Kier alpha value is -3.42. The normalized spacial score (nSPS) is 10.7. The molecule has 0 saturated carbocycles. The number of carboxylic acid groups (broad SMARTS) is 1. The number of hydrogen-bond acceptors (Lipinski definition) is 6. The van der Waals surface area contributed by atoms with Crippen LogP contribution in [0.3, 0.4) is 0 Å². The fourth-order valence-electron chi connectivity index (χ4n) is 2.60. The molecule has 0 spiro atoms. The van der Waals surface area contributed by atoms with Gasteiger partial charge in [-0.05, 0) is 18.1 Å². The third-order valence-corrected chi connectivity index (χ3v) is 3.99. The molecule has 0 aliphatic rings. The molecule has 140 valence electrons. The Labute approximate surface area is 155 Å². The first-order valence-corrected chi connectivity index (χ1v) is 8.50. The Kier molecular flexibility index (Phi) is 5.98. The molecule has 0 unspecified atom stereocenters. The predicted molar refractivity (Wildman–Crippen MR) is 94.7 cm³/mol. The third-order valence-electron chi connectivity index (χ3n) is 3.99. The van der Waals surface area contributed by atoms with Gasteiger partial charge >= 0.3 is 5.97 Å². The highest BCUT2D eigenvalue weighted by Crippen LogP contribution is 2.16. The van der Waals surface area contributed by atoms with Gasteiger partial charge in [-0.25, -0.2) is 0 Å². The molecule has 1 aromatic carbocycles. The summed E-state index contributed by atoms with van der Waals surface area (Å²) in [5.74, 6) is -0.608. The van der Waals surface area contributed by atoms with E-state index in [0.29, 0.717) is 30.2 Å². The van der Waals surface area contributed by atoms with Crippen LogP contribution in [0.4, 0.5) is 0 Å². The first kappa shape index (κ1) is 18.4. The lowest BCUT2D eigenvalue weighted by Gasteiger charge is -2.20. The van der Waals surface area contributed by atoms with Gasteiger partial charge in [0.05, 0.1) is 11.8 Å². The van der Waals surface area contributed by atoms with E-state index >= 15 is 0 Å². The molecule has 0 fully saturated rings. The lowest BCUT2D eigenvalue weighted by molar-refractivity contribution is -0.144. The minimum Gasteiger partial charge on any atom is -0.480 e. The van der Waals surface area contributed by atoms with E-state index in [2.05, 4.69) is 10.1 Å². The van der Waals surface area contributed by atoms with Crippen molar-refractivity contribution in [1.29, 1.82) is 0 Å². The van der Waals surface area contributed by atoms with Crippen molar-refractivity contribution in [1.82, 2.24) is 15.0 Å². The zero-order chi connectivity index (χ0) is 19.1. The van der Waals surface area contributed by atoms with Gasteiger partial charge in [-0.3, -0.25) is 9.59 Å². The van der Waals surface area contributed by atoms with E-state index < -0.39 is 5.97 Å². The van der Waals surface area contributed by atoms with Crippen LogP contribution in [-0.4, -0.2) is 45.1 Å². The molecule has 0 atom stereocenters. The van der Waals surface area contributed by atoms with Crippen LogP contribution in [0.2, 0.25) is 0 Å². The van der Waals surface area contributed by atoms with Crippen LogP contribution in [0.1, 0.15) is 17.9 Å². The molecule has 2 heterocycles. The number of aromatic nitrogens is 2. The van der Waals surface area contributed by atoms with E-state index in [0.717, 1.165) is 5.56 Å². The summed E-state index contributed by atoms with van der Waals surface area (Å²) in [7, 11) is 0. The van der Waals surface area contributed by atoms with Crippen LogP contribution in [0, 0.1) is 0 Å². The number of hydrogen-bond donors (Lipinski definition) is 1. The van der Waals surface area contributed by atoms with Crippen LogP contribution >= 0.6 is 0 Å². The largest absolute Gasteiger partial charge is 0.480 e. The van der Waals surface area contributed by atoms with Crippen LogP contribution < -0.4 is 0 Å². The van der Waals surface area contributed by atoms with E-state index in [9.17, 15) is 9.59 Å². The van der Waals surface area contributed by atoms with Crippen LogP contribution in [0.15, 0.2) is 57.9 Å². The molecule has 8 nitrogen and oxygen atoms in total. The summed E-state index contributed by atoms with van der Waals surface area (Å²) in [6.07, 6.45) is 3.93. The van der Waals surface area contributed by atoms with Gasteiger partial charge in [0, 0.05) is 19.4 Å². The molecule has 0 radical (unpaired) electrons. The van der Waals surface area contributed by atoms with Crippen molar-refractivity contribution in [2.24, 2.45) is 0 Å². The maximum Gasteiger partial charge on any atom is 0.323 e. The number of nitrogens with zero attached hydrogens (tertiary/aromatic N) is 3. The molecule has 1 N–H and O–H groups in total. The summed E-state index contributed by atoms with van der Waals surface area (Å²) in [5.41, 5.74) is 1.73. The van der Waals surface area contributed by atoms with Crippen molar-refractivity contribution in [2.45, 2.75) is 19.3 Å². The van der Waals surface area contributed by atoms with Crippen LogP contribution in [-0.2, 0) is 22.4 Å². The van der Waals surface area contributed by atoms with Crippen molar-refractivity contribution in [3.8, 4) is 11.4 Å². The second-order valence-electron chi connectivity index (χ2n) is 5.97. The Morgan fingerprint density at radius 2 is 1.93 bits per heavy atom. The summed E-state index contributed by atoms with van der Waals surface area (Å²) in [6, 6.07) is 11.3. The first-order valence-electron chi connectivity index (χ1n) is 8.50. The van der Waals surface area contributed by atoms with Gasteiger partial charge in [-0.2, -0.15) is 4.98 Å². The molecule has 0 saturated heterocycles. The SMILES string of the molecule is O=C(O)CN(CCc1ccccc1)C(=O)CCc1nc(-c2ccoc2)no1. The Balaban J connectivity index is 1.56. The number of amides is 1. The van der Waals surface area contributed by atoms with Gasteiger partial charge in [0.25, 0.3) is 0 Å². The lowest BCUT2D eigenvalue weighted by atomic mass is 10.1. The molecule has 0 aliphatic carbocycles. The molecule has 2 aromatic heterocycles. The van der Waals surface area contributed by atoms with E-state index in [-0.39, 0.29) is 25.3 Å². The Morgan fingerprint density at radius 3 is 2.63 bits per heavy atom. The molecule has 1 amide bonds. The highest BCUT2D eigenvalue weighted by Gasteiger charge is 2.18. The zero-order valence-electron chi connectivity index (χ0n) is 14.6. The van der Waals surface area contributed by atoms with E-state index in [1.54, 1.807) is 6.07 Å². The number of carboxylic acids is 1. The fourth-order valence-corrected chi connectivity index (χ4v) is 2.60. The van der Waals surface area contributed by atoms with Gasteiger partial charge < -0.3 is 18.9 Å². The molecular formula is C19H19N3O5. The molecule has 27 heavy (non-hydrogen) atoms. The maximum atomic E-state index is 12.5. The second kappa shape index (κ2) is 8.79. The summed E-state index contributed by atoms with van der Waals surface area (Å²) < 4.78 is 10.1. The highest BCUT2D eigenvalue weighted by molar-refractivity contribution is 5.81. The first-order chi connectivity index (χ1) is 13.1. The number of aliphatic carboxylic acids is 1. The van der Waals surface area contributed by atoms with Crippen molar-refractivity contribution >= 4 is 11.9 Å². The third kappa shape index (κ3) is 5.27. The fraction of sp³-hybridized carbons (Fsp3) is 0.263. The van der Waals surface area contributed by atoms with Gasteiger partial charge in [0.2, 0.25) is 17.6 Å². The van der Waals surface area contributed by atoms with E-state index in [4.69, 9.17) is 14.0 Å². The van der Waals surface area contributed by atoms with E-state index in [1.807, 2.05) is 30.3 Å². The van der Waals surface area contributed by atoms with Gasteiger partial charge in [0.15, 0.2) is 0 Å². The molecule has 0 bridgehead atoms. The van der Waals surface area contributed by atoms with Crippen molar-refractivity contribution in [3.05, 3.63) is 60.4 Å². The average Bonchev–Trinajstić information content (AvgIpc) is 3.35. The number of furan rings is 1. The smallest absolute Gasteiger partial charge is 0.323 e. The van der Waals surface area contributed by atoms with Crippen molar-refractivity contribution in [3.63, 3.8) is 0 Å². The summed E-state index contributed by atoms with van der Waals surface area (Å²) in [4.78, 5) is 29.1. The second-order valence-corrected chi connectivity index (χ2v) is 5.97. The monoisotopic (exact) mass is 369 g/mol. The Bertz CT molecular complexity index is 874. The summed E-state index contributed by atoms with van der Waals surface area (Å²) in [5, 5.41) is 12.9. The number of benzene rings is 1. The topological polar surface area (TPSA) is 110 Å². The van der Waals surface area contributed by atoms with Crippen LogP contribution in [0.25, 0.3) is 11.4 Å². The van der Waals surface area contributed by atoms with E-state index in [1.165, 1.54) is 17.4 Å². The average molecular weight is 369 g/mol. The zero-order valence-corrected chi connectivity index (χ0v) is 14.6. The molecular weight excluding hydrogens is 350 g/mol. The van der Waals surface area contributed by atoms with Gasteiger partial charge in [-0.15, -0.1) is 0 Å². The molecule has 3 aromatic rings. The minimum atomic E-state index is -1.04. The lowest BCUT2D eigenvalue weighted by Crippen LogP contribution is -2.37. The minimum absolute atomic E-state index is 0.0924. The highest BCUT2D eigenvalue weighted by atomic mass is 16.5. The molecule has 3 rings (SSSR count). The molecule has 0 aliphatic heterocycles.